The average molecular weight is 374 g/mol. The van der Waals surface area contributed by atoms with E-state index in [-0.39, 0.29) is 18.4 Å². The number of hydrogen-bond donors (Lipinski definition) is 1. The quantitative estimate of drug-likeness (QED) is 0.721. The Balaban J connectivity index is 2.05. The summed E-state index contributed by atoms with van der Waals surface area (Å²) in [5.74, 6) is -1.29. The van der Waals surface area contributed by atoms with E-state index in [9.17, 15) is 14.4 Å². The van der Waals surface area contributed by atoms with Gasteiger partial charge in [-0.15, -0.1) is 11.3 Å². The number of amides is 2. The predicted molar refractivity (Wildman–Crippen MR) is 99.9 cm³/mol. The van der Waals surface area contributed by atoms with Crippen LogP contribution < -0.4 is 5.32 Å². The highest BCUT2D eigenvalue weighted by molar-refractivity contribution is 7.12. The number of benzene rings is 1. The molecule has 6 nitrogen and oxygen atoms in total. The van der Waals surface area contributed by atoms with Gasteiger partial charge in [0.15, 0.2) is 0 Å². The number of carbonyl (C=O) groups excluding carboxylic acids is 3. The summed E-state index contributed by atoms with van der Waals surface area (Å²) in [6.45, 7) is 4.47. The van der Waals surface area contributed by atoms with Gasteiger partial charge in [0.05, 0.1) is 4.88 Å². The number of hydrogen-bond acceptors (Lipinski definition) is 5. The van der Waals surface area contributed by atoms with Gasteiger partial charge in [-0.1, -0.05) is 36.4 Å². The van der Waals surface area contributed by atoms with Crippen LogP contribution >= 0.6 is 11.3 Å². The molecular weight excluding hydrogens is 352 g/mol. The predicted octanol–water partition coefficient (Wildman–Crippen LogP) is 2.63. The minimum Gasteiger partial charge on any atom is -0.446 e. The van der Waals surface area contributed by atoms with Gasteiger partial charge in [0.2, 0.25) is 6.10 Å². The van der Waals surface area contributed by atoms with Crippen LogP contribution in [0.3, 0.4) is 0 Å². The van der Waals surface area contributed by atoms with E-state index >= 15 is 0 Å². The minimum absolute atomic E-state index is 0.279. The molecule has 0 unspecified atom stereocenters. The third kappa shape index (κ3) is 5.16. The smallest absolute Gasteiger partial charge is 0.326 e. The van der Waals surface area contributed by atoms with Crippen molar-refractivity contribution < 1.29 is 19.1 Å². The fourth-order valence-corrected chi connectivity index (χ4v) is 3.05. The van der Waals surface area contributed by atoms with Crippen molar-refractivity contribution in [3.63, 3.8) is 0 Å². The molecule has 0 saturated heterocycles. The van der Waals surface area contributed by atoms with Crippen molar-refractivity contribution in [3.8, 4) is 0 Å². The lowest BCUT2D eigenvalue weighted by atomic mass is 10.1. The molecule has 2 rings (SSSR count). The number of esters is 1. The Labute approximate surface area is 156 Å². The van der Waals surface area contributed by atoms with Crippen LogP contribution in [0.4, 0.5) is 0 Å². The van der Waals surface area contributed by atoms with Crippen molar-refractivity contribution in [1.29, 1.82) is 0 Å². The molecule has 0 bridgehead atoms. The molecule has 26 heavy (non-hydrogen) atoms. The summed E-state index contributed by atoms with van der Waals surface area (Å²) in [6, 6.07) is 12.3. The lowest BCUT2D eigenvalue weighted by molar-refractivity contribution is -0.160. The van der Waals surface area contributed by atoms with E-state index in [1.807, 2.05) is 19.9 Å². The van der Waals surface area contributed by atoms with Gasteiger partial charge in [-0.3, -0.25) is 14.4 Å². The molecule has 0 aliphatic rings. The van der Waals surface area contributed by atoms with Crippen LogP contribution in [0, 0.1) is 0 Å². The van der Waals surface area contributed by atoms with Gasteiger partial charge in [-0.05, 0) is 25.3 Å². The van der Waals surface area contributed by atoms with Gasteiger partial charge in [0.25, 0.3) is 11.8 Å². The SMILES string of the molecule is CCN(CC)C(=O)[C@@H](OC(=O)CNC(=O)c1cccs1)c1ccccc1. The number of rotatable bonds is 8. The molecule has 2 aromatic rings. The molecule has 0 radical (unpaired) electrons. The molecule has 1 aromatic carbocycles. The molecule has 0 aliphatic heterocycles. The first-order valence-electron chi connectivity index (χ1n) is 8.41. The zero-order valence-electron chi connectivity index (χ0n) is 14.8. The molecule has 1 atom stereocenters. The van der Waals surface area contributed by atoms with Gasteiger partial charge in [0.1, 0.15) is 6.54 Å². The summed E-state index contributed by atoms with van der Waals surface area (Å²) < 4.78 is 5.41. The van der Waals surface area contributed by atoms with Crippen LogP contribution in [-0.2, 0) is 14.3 Å². The van der Waals surface area contributed by atoms with E-state index in [0.29, 0.717) is 23.5 Å². The standard InChI is InChI=1S/C19H22N2O4S/c1-3-21(4-2)19(24)17(14-9-6-5-7-10-14)25-16(22)13-20-18(23)15-11-8-12-26-15/h5-12,17H,3-4,13H2,1-2H3,(H,20,23)/t17-/m0/s1. The van der Waals surface area contributed by atoms with E-state index < -0.39 is 12.1 Å². The third-order valence-electron chi connectivity index (χ3n) is 3.79. The highest BCUT2D eigenvalue weighted by atomic mass is 32.1. The summed E-state index contributed by atoms with van der Waals surface area (Å²) in [5, 5.41) is 4.29. The van der Waals surface area contributed by atoms with Gasteiger partial charge in [0, 0.05) is 18.7 Å². The zero-order chi connectivity index (χ0) is 18.9. The summed E-state index contributed by atoms with van der Waals surface area (Å²) in [4.78, 5) is 39.0. The largest absolute Gasteiger partial charge is 0.446 e. The lowest BCUT2D eigenvalue weighted by Gasteiger charge is -2.25. The summed E-state index contributed by atoms with van der Waals surface area (Å²) >= 11 is 1.28. The summed E-state index contributed by atoms with van der Waals surface area (Å²) in [7, 11) is 0. The number of ether oxygens (including phenoxy) is 1. The number of nitrogens with zero attached hydrogens (tertiary/aromatic N) is 1. The normalized spacial score (nSPS) is 11.5. The summed E-state index contributed by atoms with van der Waals surface area (Å²) in [5.41, 5.74) is 0.599. The van der Waals surface area contributed by atoms with Gasteiger partial charge >= 0.3 is 5.97 Å². The van der Waals surface area contributed by atoms with Gasteiger partial charge in [-0.2, -0.15) is 0 Å². The maximum absolute atomic E-state index is 12.7. The molecule has 1 heterocycles. The highest BCUT2D eigenvalue weighted by Crippen LogP contribution is 2.20. The van der Waals surface area contributed by atoms with Gasteiger partial charge < -0.3 is 15.0 Å². The Morgan fingerprint density at radius 3 is 2.35 bits per heavy atom. The van der Waals surface area contributed by atoms with E-state index in [4.69, 9.17) is 4.74 Å². The number of thiophene rings is 1. The number of carbonyl (C=O) groups is 3. The minimum atomic E-state index is -1.03. The lowest BCUT2D eigenvalue weighted by Crippen LogP contribution is -2.38. The van der Waals surface area contributed by atoms with Gasteiger partial charge in [-0.25, -0.2) is 0 Å². The number of nitrogens with one attached hydrogen (secondary N) is 1. The van der Waals surface area contributed by atoms with Crippen LogP contribution in [0.5, 0.6) is 0 Å². The van der Waals surface area contributed by atoms with Crippen LogP contribution in [0.15, 0.2) is 47.8 Å². The fourth-order valence-electron chi connectivity index (χ4n) is 2.41. The Kier molecular flexibility index (Phi) is 7.35. The molecular formula is C19H22N2O4S. The topological polar surface area (TPSA) is 75.7 Å². The molecule has 1 aromatic heterocycles. The first-order chi connectivity index (χ1) is 12.6. The maximum atomic E-state index is 12.7. The average Bonchev–Trinajstić information content (AvgIpc) is 3.20. The first kappa shape index (κ1) is 19.7. The second kappa shape index (κ2) is 9.72. The molecule has 138 valence electrons. The number of likely N-dealkylation sites (N-methyl/N-ethyl adjacent to an activating group) is 1. The van der Waals surface area contributed by atoms with E-state index in [0.717, 1.165) is 0 Å². The second-order valence-corrected chi connectivity index (χ2v) is 6.40. The van der Waals surface area contributed by atoms with Crippen LogP contribution in [0.25, 0.3) is 0 Å². The molecule has 0 aliphatic carbocycles. The van der Waals surface area contributed by atoms with E-state index in [1.54, 1.807) is 46.7 Å². The highest BCUT2D eigenvalue weighted by Gasteiger charge is 2.28. The van der Waals surface area contributed by atoms with Crippen molar-refractivity contribution in [1.82, 2.24) is 10.2 Å². The fraction of sp³-hybridized carbons (Fsp3) is 0.316. The molecule has 7 heteroatoms. The van der Waals surface area contributed by atoms with Crippen molar-refractivity contribution in [3.05, 3.63) is 58.3 Å². The zero-order valence-corrected chi connectivity index (χ0v) is 15.6. The molecule has 2 amide bonds. The molecule has 0 fully saturated rings. The third-order valence-corrected chi connectivity index (χ3v) is 4.66. The van der Waals surface area contributed by atoms with Crippen molar-refractivity contribution in [2.24, 2.45) is 0 Å². The summed E-state index contributed by atoms with van der Waals surface area (Å²) in [6.07, 6.45) is -1.03. The van der Waals surface area contributed by atoms with Crippen LogP contribution in [0.1, 0.15) is 35.2 Å². The Morgan fingerprint density at radius 1 is 1.08 bits per heavy atom. The maximum Gasteiger partial charge on any atom is 0.326 e. The van der Waals surface area contributed by atoms with Crippen LogP contribution in [0.2, 0.25) is 0 Å². The van der Waals surface area contributed by atoms with E-state index in [1.165, 1.54) is 11.3 Å². The molecule has 0 spiro atoms. The Morgan fingerprint density at radius 2 is 1.77 bits per heavy atom. The molecule has 0 saturated carbocycles. The first-order valence-corrected chi connectivity index (χ1v) is 9.29. The van der Waals surface area contributed by atoms with Crippen molar-refractivity contribution in [2.75, 3.05) is 19.6 Å². The van der Waals surface area contributed by atoms with Crippen LogP contribution in [-0.4, -0.2) is 42.3 Å². The van der Waals surface area contributed by atoms with Crippen molar-refractivity contribution >= 4 is 29.1 Å². The van der Waals surface area contributed by atoms with Crippen molar-refractivity contribution in [2.45, 2.75) is 20.0 Å². The molecule has 1 N–H and O–H groups in total. The Hall–Kier alpha value is -2.67. The monoisotopic (exact) mass is 374 g/mol. The second-order valence-electron chi connectivity index (χ2n) is 5.45. The Bertz CT molecular complexity index is 727. The van der Waals surface area contributed by atoms with E-state index in [2.05, 4.69) is 5.32 Å².